The molecule has 3 heterocycles. The Bertz CT molecular complexity index is 813. The van der Waals surface area contributed by atoms with Gasteiger partial charge in [0.25, 0.3) is 0 Å². The van der Waals surface area contributed by atoms with Crippen molar-refractivity contribution in [2.45, 2.75) is 19.3 Å². The first-order valence-electron chi connectivity index (χ1n) is 8.77. The minimum atomic E-state index is 0.798. The molecule has 25 heavy (non-hydrogen) atoms. The van der Waals surface area contributed by atoms with Gasteiger partial charge in [-0.15, -0.1) is 0 Å². The molecule has 6 heteroatoms. The summed E-state index contributed by atoms with van der Waals surface area (Å²) in [4.78, 5) is 9.70. The van der Waals surface area contributed by atoms with Crippen LogP contribution < -0.4 is 10.6 Å². The van der Waals surface area contributed by atoms with Crippen molar-refractivity contribution in [2.24, 2.45) is 0 Å². The van der Waals surface area contributed by atoms with Crippen LogP contribution in [0.1, 0.15) is 16.8 Å². The fraction of sp³-hybridized carbons (Fsp3) is 0.316. The predicted molar refractivity (Wildman–Crippen MR) is 98.5 cm³/mol. The molecule has 0 bridgehead atoms. The van der Waals surface area contributed by atoms with Crippen LogP contribution in [0.25, 0.3) is 11.4 Å². The van der Waals surface area contributed by atoms with Crippen molar-refractivity contribution < 1.29 is 0 Å². The summed E-state index contributed by atoms with van der Waals surface area (Å²) in [5.74, 6) is 1.77. The zero-order chi connectivity index (χ0) is 16.9. The molecular weight excluding hydrogens is 312 g/mol. The van der Waals surface area contributed by atoms with E-state index in [1.54, 1.807) is 0 Å². The standard InChI is InChI=1S/C19H22N6/c1-2-4-15(5-3-1)18-24-17-8-10-20-9-7-16(17)19(25-18)21-11-6-14-12-22-23-13-14/h1-5,12-13,20H,6-11H2,(H,22,23)(H,21,24,25). The van der Waals surface area contributed by atoms with E-state index < -0.39 is 0 Å². The van der Waals surface area contributed by atoms with Gasteiger partial charge in [-0.2, -0.15) is 5.10 Å². The average Bonchev–Trinajstić information content (AvgIpc) is 3.05. The first-order valence-corrected chi connectivity index (χ1v) is 8.77. The largest absolute Gasteiger partial charge is 0.369 e. The maximum Gasteiger partial charge on any atom is 0.161 e. The summed E-state index contributed by atoms with van der Waals surface area (Å²) in [5, 5.41) is 13.8. The van der Waals surface area contributed by atoms with Crippen LogP contribution in [0.15, 0.2) is 42.7 Å². The molecule has 6 nitrogen and oxygen atoms in total. The monoisotopic (exact) mass is 334 g/mol. The number of nitrogens with zero attached hydrogens (tertiary/aromatic N) is 3. The number of nitrogens with one attached hydrogen (secondary N) is 3. The molecule has 0 unspecified atom stereocenters. The minimum absolute atomic E-state index is 0.798. The molecule has 3 N–H and O–H groups in total. The average molecular weight is 334 g/mol. The number of anilines is 1. The zero-order valence-electron chi connectivity index (χ0n) is 14.1. The Morgan fingerprint density at radius 3 is 2.76 bits per heavy atom. The van der Waals surface area contributed by atoms with E-state index in [4.69, 9.17) is 9.97 Å². The predicted octanol–water partition coefficient (Wildman–Crippen LogP) is 2.21. The highest BCUT2D eigenvalue weighted by Crippen LogP contribution is 2.24. The van der Waals surface area contributed by atoms with Crippen LogP contribution in [0.5, 0.6) is 0 Å². The Morgan fingerprint density at radius 2 is 1.92 bits per heavy atom. The number of hydrogen-bond acceptors (Lipinski definition) is 5. The van der Waals surface area contributed by atoms with Crippen molar-refractivity contribution in [3.63, 3.8) is 0 Å². The third-order valence-corrected chi connectivity index (χ3v) is 4.48. The van der Waals surface area contributed by atoms with Crippen LogP contribution >= 0.6 is 0 Å². The quantitative estimate of drug-likeness (QED) is 0.667. The number of aromatic amines is 1. The summed E-state index contributed by atoms with van der Waals surface area (Å²) in [6.07, 6.45) is 6.60. The Labute approximate surface area is 147 Å². The Hall–Kier alpha value is -2.73. The van der Waals surface area contributed by atoms with Crippen molar-refractivity contribution in [2.75, 3.05) is 25.0 Å². The zero-order valence-corrected chi connectivity index (χ0v) is 14.1. The third kappa shape index (κ3) is 3.69. The molecule has 0 fully saturated rings. The molecule has 0 atom stereocenters. The fourth-order valence-corrected chi connectivity index (χ4v) is 3.15. The van der Waals surface area contributed by atoms with Crippen LogP contribution in [-0.2, 0) is 19.3 Å². The van der Waals surface area contributed by atoms with Crippen molar-refractivity contribution >= 4 is 5.82 Å². The van der Waals surface area contributed by atoms with Gasteiger partial charge in [0.05, 0.1) is 11.9 Å². The van der Waals surface area contributed by atoms with E-state index in [1.807, 2.05) is 30.6 Å². The molecule has 0 saturated carbocycles. The summed E-state index contributed by atoms with van der Waals surface area (Å²) < 4.78 is 0. The summed E-state index contributed by atoms with van der Waals surface area (Å²) in [6, 6.07) is 10.2. The van der Waals surface area contributed by atoms with E-state index in [9.17, 15) is 0 Å². The van der Waals surface area contributed by atoms with Crippen LogP contribution in [-0.4, -0.2) is 39.8 Å². The van der Waals surface area contributed by atoms with Gasteiger partial charge in [0.1, 0.15) is 5.82 Å². The summed E-state index contributed by atoms with van der Waals surface area (Å²) in [6.45, 7) is 2.76. The van der Waals surface area contributed by atoms with Gasteiger partial charge in [-0.1, -0.05) is 30.3 Å². The smallest absolute Gasteiger partial charge is 0.161 e. The highest BCUT2D eigenvalue weighted by molar-refractivity contribution is 5.60. The molecule has 2 aromatic heterocycles. The van der Waals surface area contributed by atoms with Crippen molar-refractivity contribution in [1.82, 2.24) is 25.5 Å². The molecule has 4 rings (SSSR count). The highest BCUT2D eigenvalue weighted by atomic mass is 15.1. The topological polar surface area (TPSA) is 78.5 Å². The summed E-state index contributed by atoms with van der Waals surface area (Å²) in [5.41, 5.74) is 4.65. The number of H-pyrrole nitrogens is 1. The molecule has 1 aromatic carbocycles. The molecule has 0 spiro atoms. The second-order valence-electron chi connectivity index (χ2n) is 6.22. The highest BCUT2D eigenvalue weighted by Gasteiger charge is 2.17. The number of hydrogen-bond donors (Lipinski definition) is 3. The fourth-order valence-electron chi connectivity index (χ4n) is 3.15. The van der Waals surface area contributed by atoms with Crippen LogP contribution in [0, 0.1) is 0 Å². The summed E-state index contributed by atoms with van der Waals surface area (Å²) >= 11 is 0. The molecule has 0 amide bonds. The van der Waals surface area contributed by atoms with E-state index in [0.29, 0.717) is 0 Å². The van der Waals surface area contributed by atoms with Crippen LogP contribution in [0.2, 0.25) is 0 Å². The van der Waals surface area contributed by atoms with Crippen LogP contribution in [0.4, 0.5) is 5.82 Å². The van der Waals surface area contributed by atoms with Gasteiger partial charge in [0.2, 0.25) is 0 Å². The van der Waals surface area contributed by atoms with Gasteiger partial charge in [-0.25, -0.2) is 9.97 Å². The molecular formula is C19H22N6. The molecule has 0 radical (unpaired) electrons. The van der Waals surface area contributed by atoms with E-state index in [0.717, 1.165) is 61.8 Å². The second kappa shape index (κ2) is 7.44. The first kappa shape index (κ1) is 15.8. The SMILES string of the molecule is c1ccc(-c2nc3c(c(NCCc4cn[nH]c4)n2)CCNCC3)cc1. The van der Waals surface area contributed by atoms with Gasteiger partial charge in [-0.3, -0.25) is 5.10 Å². The lowest BCUT2D eigenvalue weighted by molar-refractivity contribution is 0.708. The number of benzene rings is 1. The van der Waals surface area contributed by atoms with E-state index in [2.05, 4.69) is 33.0 Å². The molecule has 1 aliphatic rings. The lowest BCUT2D eigenvalue weighted by Crippen LogP contribution is -2.16. The molecule has 0 aliphatic carbocycles. The lowest BCUT2D eigenvalue weighted by Gasteiger charge is -2.14. The number of rotatable bonds is 5. The maximum atomic E-state index is 4.86. The van der Waals surface area contributed by atoms with E-state index in [1.165, 1.54) is 11.1 Å². The molecule has 1 aliphatic heterocycles. The lowest BCUT2D eigenvalue weighted by atomic mass is 10.1. The van der Waals surface area contributed by atoms with Gasteiger partial charge in [-0.05, 0) is 24.9 Å². The van der Waals surface area contributed by atoms with Crippen molar-refractivity contribution in [1.29, 1.82) is 0 Å². The Balaban J connectivity index is 1.63. The first-order chi connectivity index (χ1) is 12.4. The Kier molecular flexibility index (Phi) is 4.70. The molecule has 3 aromatic rings. The van der Waals surface area contributed by atoms with Crippen molar-refractivity contribution in [3.05, 3.63) is 59.5 Å². The third-order valence-electron chi connectivity index (χ3n) is 4.48. The van der Waals surface area contributed by atoms with Gasteiger partial charge in [0.15, 0.2) is 5.82 Å². The number of fused-ring (bicyclic) bond motifs is 1. The molecule has 128 valence electrons. The van der Waals surface area contributed by atoms with Gasteiger partial charge in [0, 0.05) is 36.8 Å². The summed E-state index contributed by atoms with van der Waals surface area (Å²) in [7, 11) is 0. The van der Waals surface area contributed by atoms with Gasteiger partial charge >= 0.3 is 0 Å². The normalized spacial score (nSPS) is 13.9. The van der Waals surface area contributed by atoms with Crippen LogP contribution in [0.3, 0.4) is 0 Å². The molecule has 0 saturated heterocycles. The van der Waals surface area contributed by atoms with Crippen molar-refractivity contribution in [3.8, 4) is 11.4 Å². The number of aromatic nitrogens is 4. The minimum Gasteiger partial charge on any atom is -0.369 e. The van der Waals surface area contributed by atoms with Gasteiger partial charge < -0.3 is 10.6 Å². The Morgan fingerprint density at radius 1 is 1.04 bits per heavy atom. The second-order valence-corrected chi connectivity index (χ2v) is 6.22. The van der Waals surface area contributed by atoms with E-state index in [-0.39, 0.29) is 0 Å². The van der Waals surface area contributed by atoms with E-state index >= 15 is 0 Å². The maximum absolute atomic E-state index is 4.86.